The number of hydrogen-bond acceptors (Lipinski definition) is 2. The van der Waals surface area contributed by atoms with E-state index in [9.17, 15) is 0 Å². The van der Waals surface area contributed by atoms with Gasteiger partial charge in [-0.15, -0.1) is 0 Å². The minimum atomic E-state index is 0.362. The fourth-order valence-corrected chi connectivity index (χ4v) is 3.38. The zero-order valence-electron chi connectivity index (χ0n) is 13.9. The third-order valence-corrected chi connectivity index (χ3v) is 5.47. The second kappa shape index (κ2) is 6.00. The SMILES string of the molecule is CCC(C)(CNC1CC1)CN1c2ccccc2CCC1C. The van der Waals surface area contributed by atoms with Crippen LogP contribution in [0.5, 0.6) is 0 Å². The summed E-state index contributed by atoms with van der Waals surface area (Å²) < 4.78 is 0. The van der Waals surface area contributed by atoms with E-state index < -0.39 is 0 Å². The minimum absolute atomic E-state index is 0.362. The summed E-state index contributed by atoms with van der Waals surface area (Å²) in [7, 11) is 0. The van der Waals surface area contributed by atoms with Crippen LogP contribution in [0.15, 0.2) is 24.3 Å². The second-order valence-electron chi connectivity index (χ2n) is 7.46. The molecule has 1 aliphatic carbocycles. The Labute approximate surface area is 129 Å². The summed E-state index contributed by atoms with van der Waals surface area (Å²) in [5, 5.41) is 3.75. The van der Waals surface area contributed by atoms with Gasteiger partial charge in [0.1, 0.15) is 0 Å². The van der Waals surface area contributed by atoms with Crippen LogP contribution in [-0.4, -0.2) is 25.2 Å². The van der Waals surface area contributed by atoms with Crippen molar-refractivity contribution in [2.75, 3.05) is 18.0 Å². The fraction of sp³-hybridized carbons (Fsp3) is 0.684. The lowest BCUT2D eigenvalue weighted by Gasteiger charge is -2.43. The first-order valence-corrected chi connectivity index (χ1v) is 8.69. The monoisotopic (exact) mass is 286 g/mol. The van der Waals surface area contributed by atoms with Gasteiger partial charge in [-0.1, -0.05) is 32.0 Å². The highest BCUT2D eigenvalue weighted by Gasteiger charge is 2.32. The maximum Gasteiger partial charge on any atom is 0.0401 e. The third kappa shape index (κ3) is 3.42. The molecule has 1 aromatic carbocycles. The first kappa shape index (κ1) is 14.9. The van der Waals surface area contributed by atoms with E-state index in [4.69, 9.17) is 0 Å². The van der Waals surface area contributed by atoms with E-state index in [-0.39, 0.29) is 0 Å². The van der Waals surface area contributed by atoms with Crippen LogP contribution in [0.25, 0.3) is 0 Å². The van der Waals surface area contributed by atoms with Gasteiger partial charge in [0, 0.05) is 30.9 Å². The van der Waals surface area contributed by atoms with Crippen LogP contribution >= 0.6 is 0 Å². The number of aryl methyl sites for hydroxylation is 1. The fourth-order valence-electron chi connectivity index (χ4n) is 3.38. The lowest BCUT2D eigenvalue weighted by atomic mass is 9.84. The Morgan fingerprint density at radius 3 is 2.71 bits per heavy atom. The van der Waals surface area contributed by atoms with Crippen molar-refractivity contribution in [3.8, 4) is 0 Å². The Morgan fingerprint density at radius 2 is 2.00 bits per heavy atom. The van der Waals surface area contributed by atoms with E-state index in [0.29, 0.717) is 11.5 Å². The first-order chi connectivity index (χ1) is 10.1. The zero-order chi connectivity index (χ0) is 14.9. The summed E-state index contributed by atoms with van der Waals surface area (Å²) in [6.07, 6.45) is 6.51. The maximum absolute atomic E-state index is 3.75. The number of fused-ring (bicyclic) bond motifs is 1. The summed E-state index contributed by atoms with van der Waals surface area (Å²) in [6, 6.07) is 10.5. The van der Waals surface area contributed by atoms with E-state index >= 15 is 0 Å². The standard InChI is InChI=1S/C19H30N2/c1-4-19(3,13-20-17-11-12-17)14-21-15(2)9-10-16-7-5-6-8-18(16)21/h5-8,15,17,20H,4,9-14H2,1-3H3. The molecule has 2 unspecified atom stereocenters. The highest BCUT2D eigenvalue weighted by molar-refractivity contribution is 5.56. The molecule has 1 aromatic rings. The van der Waals surface area contributed by atoms with Gasteiger partial charge in [-0.05, 0) is 56.1 Å². The predicted molar refractivity (Wildman–Crippen MR) is 91.0 cm³/mol. The topological polar surface area (TPSA) is 15.3 Å². The minimum Gasteiger partial charge on any atom is -0.368 e. The van der Waals surface area contributed by atoms with Gasteiger partial charge in [0.25, 0.3) is 0 Å². The molecule has 0 aromatic heterocycles. The first-order valence-electron chi connectivity index (χ1n) is 8.69. The van der Waals surface area contributed by atoms with Crippen LogP contribution in [0.4, 0.5) is 5.69 Å². The average molecular weight is 286 g/mol. The quantitative estimate of drug-likeness (QED) is 0.850. The molecule has 1 N–H and O–H groups in total. The Bertz CT molecular complexity index is 480. The maximum atomic E-state index is 3.75. The Morgan fingerprint density at radius 1 is 1.24 bits per heavy atom. The molecule has 2 nitrogen and oxygen atoms in total. The van der Waals surface area contributed by atoms with Gasteiger partial charge in [-0.25, -0.2) is 0 Å². The van der Waals surface area contributed by atoms with Gasteiger partial charge >= 0.3 is 0 Å². The molecule has 0 radical (unpaired) electrons. The lowest BCUT2D eigenvalue weighted by Crippen LogP contribution is -2.47. The average Bonchev–Trinajstić information content (AvgIpc) is 3.33. The number of anilines is 1. The number of hydrogen-bond donors (Lipinski definition) is 1. The Hall–Kier alpha value is -1.02. The Kier molecular flexibility index (Phi) is 4.26. The third-order valence-electron chi connectivity index (χ3n) is 5.47. The predicted octanol–water partition coefficient (Wildman–Crippen LogP) is 4.00. The summed E-state index contributed by atoms with van der Waals surface area (Å²) in [4.78, 5) is 2.66. The molecule has 0 spiro atoms. The molecule has 0 bridgehead atoms. The molecule has 3 rings (SSSR count). The van der Waals surface area contributed by atoms with Crippen molar-refractivity contribution >= 4 is 5.69 Å². The van der Waals surface area contributed by atoms with Crippen molar-refractivity contribution in [3.05, 3.63) is 29.8 Å². The van der Waals surface area contributed by atoms with Gasteiger partial charge in [0.2, 0.25) is 0 Å². The van der Waals surface area contributed by atoms with Crippen LogP contribution in [0, 0.1) is 5.41 Å². The molecule has 0 amide bonds. The smallest absolute Gasteiger partial charge is 0.0401 e. The second-order valence-corrected chi connectivity index (χ2v) is 7.46. The molecule has 1 heterocycles. The molecule has 1 aliphatic heterocycles. The normalized spacial score (nSPS) is 24.5. The Balaban J connectivity index is 1.74. The molecule has 116 valence electrons. The van der Waals surface area contributed by atoms with Gasteiger partial charge < -0.3 is 10.2 Å². The summed E-state index contributed by atoms with van der Waals surface area (Å²) in [5.74, 6) is 0. The van der Waals surface area contributed by atoms with Crippen LogP contribution in [0.3, 0.4) is 0 Å². The number of para-hydroxylation sites is 1. The summed E-state index contributed by atoms with van der Waals surface area (Å²) >= 11 is 0. The summed E-state index contributed by atoms with van der Waals surface area (Å²) in [5.41, 5.74) is 3.37. The van der Waals surface area contributed by atoms with E-state index in [0.717, 1.165) is 12.6 Å². The molecule has 1 saturated carbocycles. The van der Waals surface area contributed by atoms with E-state index in [1.807, 2.05) is 0 Å². The molecule has 21 heavy (non-hydrogen) atoms. The van der Waals surface area contributed by atoms with E-state index in [1.165, 1.54) is 49.9 Å². The highest BCUT2D eigenvalue weighted by atomic mass is 15.2. The van der Waals surface area contributed by atoms with Crippen molar-refractivity contribution in [2.24, 2.45) is 5.41 Å². The van der Waals surface area contributed by atoms with Gasteiger partial charge in [0.05, 0.1) is 0 Å². The largest absolute Gasteiger partial charge is 0.368 e. The van der Waals surface area contributed by atoms with Crippen LogP contribution in [-0.2, 0) is 6.42 Å². The number of nitrogens with zero attached hydrogens (tertiary/aromatic N) is 1. The summed E-state index contributed by atoms with van der Waals surface area (Å²) in [6.45, 7) is 9.50. The molecular weight excluding hydrogens is 256 g/mol. The van der Waals surface area contributed by atoms with Crippen molar-refractivity contribution in [1.82, 2.24) is 5.32 Å². The van der Waals surface area contributed by atoms with Gasteiger partial charge in [0.15, 0.2) is 0 Å². The number of rotatable bonds is 6. The van der Waals surface area contributed by atoms with Crippen molar-refractivity contribution < 1.29 is 0 Å². The molecule has 1 fully saturated rings. The highest BCUT2D eigenvalue weighted by Crippen LogP contribution is 2.34. The molecule has 0 saturated heterocycles. The zero-order valence-corrected chi connectivity index (χ0v) is 13.9. The van der Waals surface area contributed by atoms with E-state index in [2.05, 4.69) is 55.3 Å². The van der Waals surface area contributed by atoms with Crippen molar-refractivity contribution in [2.45, 2.75) is 65.0 Å². The lowest BCUT2D eigenvalue weighted by molar-refractivity contribution is 0.283. The van der Waals surface area contributed by atoms with Gasteiger partial charge in [-0.2, -0.15) is 0 Å². The van der Waals surface area contributed by atoms with Crippen molar-refractivity contribution in [1.29, 1.82) is 0 Å². The van der Waals surface area contributed by atoms with Crippen LogP contribution in [0.1, 0.15) is 52.0 Å². The van der Waals surface area contributed by atoms with Crippen molar-refractivity contribution in [3.63, 3.8) is 0 Å². The van der Waals surface area contributed by atoms with Crippen LogP contribution < -0.4 is 10.2 Å². The molecular formula is C19H30N2. The number of benzene rings is 1. The van der Waals surface area contributed by atoms with E-state index in [1.54, 1.807) is 0 Å². The van der Waals surface area contributed by atoms with Crippen LogP contribution in [0.2, 0.25) is 0 Å². The molecule has 2 heteroatoms. The molecule has 2 atom stereocenters. The number of nitrogens with one attached hydrogen (secondary N) is 1. The van der Waals surface area contributed by atoms with Gasteiger partial charge in [-0.3, -0.25) is 0 Å². The molecule has 2 aliphatic rings.